The third kappa shape index (κ3) is 3.10. The van der Waals surface area contributed by atoms with Crippen molar-refractivity contribution >= 4 is 17.4 Å². The molecule has 98 valence electrons. The Hall–Kier alpha value is -2.36. The number of nitrogens with two attached hydrogens (primary N) is 1. The first-order chi connectivity index (χ1) is 9.10. The molecule has 0 saturated carbocycles. The summed E-state index contributed by atoms with van der Waals surface area (Å²) in [6.07, 6.45) is 0.869. The van der Waals surface area contributed by atoms with Gasteiger partial charge in [0.05, 0.1) is 0 Å². The van der Waals surface area contributed by atoms with E-state index in [-0.39, 0.29) is 5.91 Å². The van der Waals surface area contributed by atoms with Crippen LogP contribution in [0.1, 0.15) is 28.5 Å². The van der Waals surface area contributed by atoms with Gasteiger partial charge < -0.3 is 11.1 Å². The minimum atomic E-state index is -0.168. The SMILES string of the molecule is CCc1ccccc1NC(=O)c1cc(C)nc(N)c1. The summed E-state index contributed by atoms with van der Waals surface area (Å²) in [5.74, 6) is 0.187. The number of nitrogens with one attached hydrogen (secondary N) is 1. The number of aryl methyl sites for hydroxylation is 2. The maximum absolute atomic E-state index is 12.2. The van der Waals surface area contributed by atoms with Crippen LogP contribution in [0.5, 0.6) is 0 Å². The van der Waals surface area contributed by atoms with Gasteiger partial charge in [-0.2, -0.15) is 0 Å². The Morgan fingerprint density at radius 1 is 1.32 bits per heavy atom. The van der Waals surface area contributed by atoms with E-state index in [1.807, 2.05) is 31.2 Å². The lowest BCUT2D eigenvalue weighted by atomic mass is 10.1. The standard InChI is InChI=1S/C15H17N3O/c1-3-11-6-4-5-7-13(11)18-15(19)12-8-10(2)17-14(16)9-12/h4-9H,3H2,1-2H3,(H2,16,17)(H,18,19). The molecule has 0 aliphatic carbocycles. The predicted molar refractivity (Wildman–Crippen MR) is 77.2 cm³/mol. The van der Waals surface area contributed by atoms with Gasteiger partial charge >= 0.3 is 0 Å². The Kier molecular flexibility index (Phi) is 3.80. The molecule has 1 amide bonds. The van der Waals surface area contributed by atoms with Gasteiger partial charge in [0.25, 0.3) is 5.91 Å². The molecular formula is C15H17N3O. The van der Waals surface area contributed by atoms with E-state index >= 15 is 0 Å². The highest BCUT2D eigenvalue weighted by Crippen LogP contribution is 2.17. The van der Waals surface area contributed by atoms with Crippen molar-refractivity contribution in [3.8, 4) is 0 Å². The molecule has 0 bridgehead atoms. The quantitative estimate of drug-likeness (QED) is 0.886. The number of hydrogen-bond acceptors (Lipinski definition) is 3. The summed E-state index contributed by atoms with van der Waals surface area (Å²) >= 11 is 0. The van der Waals surface area contributed by atoms with Crippen LogP contribution in [0.4, 0.5) is 11.5 Å². The second kappa shape index (κ2) is 5.52. The maximum atomic E-state index is 12.2. The Labute approximate surface area is 112 Å². The zero-order valence-corrected chi connectivity index (χ0v) is 11.1. The smallest absolute Gasteiger partial charge is 0.255 e. The lowest BCUT2D eigenvalue weighted by Gasteiger charge is -2.10. The fourth-order valence-corrected chi connectivity index (χ4v) is 1.97. The summed E-state index contributed by atoms with van der Waals surface area (Å²) in [6, 6.07) is 11.1. The van der Waals surface area contributed by atoms with Crippen LogP contribution >= 0.6 is 0 Å². The summed E-state index contributed by atoms with van der Waals surface area (Å²) in [5.41, 5.74) is 8.85. The first-order valence-electron chi connectivity index (χ1n) is 6.23. The Morgan fingerprint density at radius 3 is 2.74 bits per heavy atom. The molecule has 0 atom stereocenters. The van der Waals surface area contributed by atoms with E-state index in [0.29, 0.717) is 11.4 Å². The summed E-state index contributed by atoms with van der Waals surface area (Å²) < 4.78 is 0. The second-order valence-electron chi connectivity index (χ2n) is 4.39. The van der Waals surface area contributed by atoms with Crippen LogP contribution in [-0.4, -0.2) is 10.9 Å². The van der Waals surface area contributed by atoms with Crippen molar-refractivity contribution in [1.29, 1.82) is 0 Å². The number of aromatic nitrogens is 1. The number of carbonyl (C=O) groups is 1. The molecule has 0 aliphatic heterocycles. The second-order valence-corrected chi connectivity index (χ2v) is 4.39. The number of nitrogens with zero attached hydrogens (tertiary/aromatic N) is 1. The third-order valence-corrected chi connectivity index (χ3v) is 2.88. The largest absolute Gasteiger partial charge is 0.384 e. The van der Waals surface area contributed by atoms with Crippen LogP contribution < -0.4 is 11.1 Å². The minimum Gasteiger partial charge on any atom is -0.384 e. The van der Waals surface area contributed by atoms with Crippen LogP contribution in [0.15, 0.2) is 36.4 Å². The summed E-state index contributed by atoms with van der Waals surface area (Å²) in [7, 11) is 0. The van der Waals surface area contributed by atoms with Crippen molar-refractivity contribution in [2.45, 2.75) is 20.3 Å². The van der Waals surface area contributed by atoms with E-state index in [2.05, 4.69) is 17.2 Å². The Balaban J connectivity index is 2.25. The first kappa shape index (κ1) is 13.1. The third-order valence-electron chi connectivity index (χ3n) is 2.88. The van der Waals surface area contributed by atoms with Crippen molar-refractivity contribution in [3.05, 3.63) is 53.2 Å². The summed E-state index contributed by atoms with van der Waals surface area (Å²) in [6.45, 7) is 3.87. The number of pyridine rings is 1. The van der Waals surface area contributed by atoms with E-state index in [1.165, 1.54) is 0 Å². The number of carbonyl (C=O) groups excluding carboxylic acids is 1. The Bertz CT molecular complexity index is 588. The molecule has 1 aromatic heterocycles. The van der Waals surface area contributed by atoms with E-state index < -0.39 is 0 Å². The topological polar surface area (TPSA) is 68.0 Å². The Morgan fingerprint density at radius 2 is 2.05 bits per heavy atom. The fourth-order valence-electron chi connectivity index (χ4n) is 1.97. The minimum absolute atomic E-state index is 0.168. The van der Waals surface area contributed by atoms with Gasteiger partial charge in [-0.25, -0.2) is 4.98 Å². The highest BCUT2D eigenvalue weighted by molar-refractivity contribution is 6.05. The highest BCUT2D eigenvalue weighted by atomic mass is 16.1. The van der Waals surface area contributed by atoms with Crippen molar-refractivity contribution in [2.24, 2.45) is 0 Å². The zero-order chi connectivity index (χ0) is 13.8. The van der Waals surface area contributed by atoms with Gasteiger partial charge in [0.15, 0.2) is 0 Å². The van der Waals surface area contributed by atoms with Crippen molar-refractivity contribution in [3.63, 3.8) is 0 Å². The molecular weight excluding hydrogens is 238 g/mol. The molecule has 0 unspecified atom stereocenters. The number of nitrogen functional groups attached to an aromatic ring is 1. The number of benzene rings is 1. The monoisotopic (exact) mass is 255 g/mol. The van der Waals surface area contributed by atoms with Crippen LogP contribution in [0, 0.1) is 6.92 Å². The molecule has 2 aromatic rings. The summed E-state index contributed by atoms with van der Waals surface area (Å²) in [4.78, 5) is 16.2. The molecule has 2 rings (SSSR count). The highest BCUT2D eigenvalue weighted by Gasteiger charge is 2.09. The summed E-state index contributed by atoms with van der Waals surface area (Å²) in [5, 5.41) is 2.91. The molecule has 4 heteroatoms. The van der Waals surface area contributed by atoms with Crippen LogP contribution in [0.2, 0.25) is 0 Å². The fraction of sp³-hybridized carbons (Fsp3) is 0.200. The number of anilines is 2. The van der Waals surface area contributed by atoms with Gasteiger partial charge in [0.1, 0.15) is 5.82 Å². The lowest BCUT2D eigenvalue weighted by molar-refractivity contribution is 0.102. The average molecular weight is 255 g/mol. The molecule has 0 spiro atoms. The van der Waals surface area contributed by atoms with Gasteiger partial charge in [-0.3, -0.25) is 4.79 Å². The molecule has 19 heavy (non-hydrogen) atoms. The lowest BCUT2D eigenvalue weighted by Crippen LogP contribution is -2.14. The van der Waals surface area contributed by atoms with Crippen LogP contribution in [0.3, 0.4) is 0 Å². The van der Waals surface area contributed by atoms with Crippen molar-refractivity contribution in [1.82, 2.24) is 4.98 Å². The molecule has 4 nitrogen and oxygen atoms in total. The molecule has 0 radical (unpaired) electrons. The van der Waals surface area contributed by atoms with E-state index in [4.69, 9.17) is 5.73 Å². The predicted octanol–water partition coefficient (Wildman–Crippen LogP) is 2.79. The van der Waals surface area contributed by atoms with Gasteiger partial charge in [0, 0.05) is 16.9 Å². The normalized spacial score (nSPS) is 10.2. The molecule has 0 aliphatic rings. The maximum Gasteiger partial charge on any atom is 0.255 e. The van der Waals surface area contributed by atoms with Gasteiger partial charge in [-0.15, -0.1) is 0 Å². The molecule has 1 heterocycles. The molecule has 0 saturated heterocycles. The number of amides is 1. The number of hydrogen-bond donors (Lipinski definition) is 2. The average Bonchev–Trinajstić information content (AvgIpc) is 2.38. The van der Waals surface area contributed by atoms with E-state index in [0.717, 1.165) is 23.4 Å². The van der Waals surface area contributed by atoms with Gasteiger partial charge in [0.2, 0.25) is 0 Å². The zero-order valence-electron chi connectivity index (χ0n) is 11.1. The molecule has 1 aromatic carbocycles. The van der Waals surface area contributed by atoms with Gasteiger partial charge in [-0.05, 0) is 37.1 Å². The van der Waals surface area contributed by atoms with Crippen LogP contribution in [-0.2, 0) is 6.42 Å². The first-order valence-corrected chi connectivity index (χ1v) is 6.23. The van der Waals surface area contributed by atoms with Gasteiger partial charge in [-0.1, -0.05) is 25.1 Å². The van der Waals surface area contributed by atoms with Crippen molar-refractivity contribution < 1.29 is 4.79 Å². The molecule has 3 N–H and O–H groups in total. The number of rotatable bonds is 3. The van der Waals surface area contributed by atoms with Crippen molar-refractivity contribution in [2.75, 3.05) is 11.1 Å². The number of para-hydroxylation sites is 1. The van der Waals surface area contributed by atoms with Crippen LogP contribution in [0.25, 0.3) is 0 Å². The van der Waals surface area contributed by atoms with E-state index in [9.17, 15) is 4.79 Å². The molecule has 0 fully saturated rings. The van der Waals surface area contributed by atoms with E-state index in [1.54, 1.807) is 12.1 Å².